The van der Waals surface area contributed by atoms with Gasteiger partial charge in [0.05, 0.1) is 6.61 Å². The molecule has 0 spiro atoms. The third kappa shape index (κ3) is 3.46. The Morgan fingerprint density at radius 3 is 2.50 bits per heavy atom. The van der Waals surface area contributed by atoms with Crippen LogP contribution in [0.5, 0.6) is 0 Å². The first kappa shape index (κ1) is 18.8. The molecule has 1 saturated heterocycles. The van der Waals surface area contributed by atoms with Crippen molar-refractivity contribution in [1.29, 1.82) is 0 Å². The van der Waals surface area contributed by atoms with Gasteiger partial charge in [0.15, 0.2) is 6.23 Å². The van der Waals surface area contributed by atoms with Crippen LogP contribution in [0.1, 0.15) is 11.8 Å². The summed E-state index contributed by atoms with van der Waals surface area (Å²) in [5.41, 5.74) is -0.381. The molecular formula is C17H19ClN2O6. The maximum atomic E-state index is 12.7. The lowest BCUT2D eigenvalue weighted by Crippen LogP contribution is -2.43. The third-order valence-electron chi connectivity index (χ3n) is 4.45. The van der Waals surface area contributed by atoms with Gasteiger partial charge in [-0.15, -0.1) is 0 Å². The van der Waals surface area contributed by atoms with Gasteiger partial charge in [-0.2, -0.15) is 0 Å². The van der Waals surface area contributed by atoms with E-state index in [0.717, 1.165) is 14.7 Å². The van der Waals surface area contributed by atoms with Crippen molar-refractivity contribution in [3.8, 4) is 0 Å². The van der Waals surface area contributed by atoms with Crippen molar-refractivity contribution < 1.29 is 20.1 Å². The average molecular weight is 383 g/mol. The number of hydrogen-bond donors (Lipinski definition) is 3. The van der Waals surface area contributed by atoms with Crippen LogP contribution in [0.25, 0.3) is 0 Å². The van der Waals surface area contributed by atoms with Crippen LogP contribution in [0.15, 0.2) is 46.1 Å². The average Bonchev–Trinajstić information content (AvgIpc) is 2.91. The number of halogens is 1. The number of aryl methyl sites for hydroxylation is 1. The molecule has 8 nitrogen and oxygen atoms in total. The molecule has 2 aromatic rings. The highest BCUT2D eigenvalue weighted by Gasteiger charge is 2.43. The fourth-order valence-corrected chi connectivity index (χ4v) is 3.20. The first-order valence-corrected chi connectivity index (χ1v) is 8.49. The highest BCUT2D eigenvalue weighted by Crippen LogP contribution is 2.27. The van der Waals surface area contributed by atoms with Crippen molar-refractivity contribution in [3.63, 3.8) is 0 Å². The van der Waals surface area contributed by atoms with Crippen LogP contribution in [-0.2, 0) is 17.7 Å². The quantitative estimate of drug-likeness (QED) is 0.643. The van der Waals surface area contributed by atoms with Crippen molar-refractivity contribution >= 4 is 11.6 Å². The predicted octanol–water partition coefficient (Wildman–Crippen LogP) is -0.482. The molecule has 26 heavy (non-hydrogen) atoms. The number of aromatic nitrogens is 2. The molecule has 0 radical (unpaired) electrons. The monoisotopic (exact) mass is 382 g/mol. The zero-order chi connectivity index (χ0) is 18.8. The molecular weight excluding hydrogens is 364 g/mol. The van der Waals surface area contributed by atoms with Gasteiger partial charge in [-0.25, -0.2) is 4.79 Å². The summed E-state index contributed by atoms with van der Waals surface area (Å²) >= 11 is 6.10. The number of hydrogen-bond acceptors (Lipinski definition) is 6. The van der Waals surface area contributed by atoms with Crippen LogP contribution in [0.4, 0.5) is 0 Å². The molecule has 0 bridgehead atoms. The lowest BCUT2D eigenvalue weighted by molar-refractivity contribution is -0.0556. The van der Waals surface area contributed by atoms with E-state index in [0.29, 0.717) is 11.4 Å². The van der Waals surface area contributed by atoms with Gasteiger partial charge in [-0.1, -0.05) is 29.8 Å². The van der Waals surface area contributed by atoms with Gasteiger partial charge in [0, 0.05) is 23.8 Å². The van der Waals surface area contributed by atoms with E-state index < -0.39 is 42.4 Å². The van der Waals surface area contributed by atoms with E-state index in [1.54, 1.807) is 18.2 Å². The summed E-state index contributed by atoms with van der Waals surface area (Å²) in [6.07, 6.45) is -3.36. The molecule has 1 aliphatic heterocycles. The number of benzene rings is 1. The molecule has 1 aromatic heterocycles. The summed E-state index contributed by atoms with van der Waals surface area (Å²) in [4.78, 5) is 24.8. The Morgan fingerprint density at radius 1 is 1.12 bits per heavy atom. The maximum absolute atomic E-state index is 12.7. The number of rotatable bonds is 5. The van der Waals surface area contributed by atoms with Crippen molar-refractivity contribution in [2.24, 2.45) is 0 Å². The molecule has 3 N–H and O–H groups in total. The van der Waals surface area contributed by atoms with Gasteiger partial charge in [-0.05, 0) is 18.1 Å². The molecule has 140 valence electrons. The van der Waals surface area contributed by atoms with Gasteiger partial charge in [0.1, 0.15) is 18.3 Å². The van der Waals surface area contributed by atoms with Crippen LogP contribution in [0.2, 0.25) is 5.02 Å². The molecule has 4 atom stereocenters. The van der Waals surface area contributed by atoms with E-state index in [1.165, 1.54) is 12.3 Å². The Hall–Kier alpha value is -1.97. The lowest BCUT2D eigenvalue weighted by Gasteiger charge is -2.18. The largest absolute Gasteiger partial charge is 0.394 e. The fraction of sp³-hybridized carbons (Fsp3) is 0.412. The van der Waals surface area contributed by atoms with E-state index in [1.807, 2.05) is 6.07 Å². The minimum Gasteiger partial charge on any atom is -0.394 e. The highest BCUT2D eigenvalue weighted by molar-refractivity contribution is 6.31. The zero-order valence-electron chi connectivity index (χ0n) is 13.7. The van der Waals surface area contributed by atoms with Gasteiger partial charge in [0.25, 0.3) is 5.56 Å². The van der Waals surface area contributed by atoms with Gasteiger partial charge < -0.3 is 20.1 Å². The molecule has 0 aliphatic carbocycles. The molecule has 1 aromatic carbocycles. The first-order chi connectivity index (χ1) is 12.4. The van der Waals surface area contributed by atoms with Gasteiger partial charge >= 0.3 is 5.69 Å². The van der Waals surface area contributed by atoms with Gasteiger partial charge in [0.2, 0.25) is 0 Å². The third-order valence-corrected chi connectivity index (χ3v) is 4.82. The van der Waals surface area contributed by atoms with Crippen LogP contribution in [-0.4, -0.2) is 49.4 Å². The molecule has 9 heteroatoms. The number of aliphatic hydroxyl groups is 3. The second-order valence-electron chi connectivity index (χ2n) is 6.07. The Kier molecular flexibility index (Phi) is 5.59. The van der Waals surface area contributed by atoms with E-state index in [4.69, 9.17) is 16.3 Å². The van der Waals surface area contributed by atoms with E-state index in [2.05, 4.69) is 0 Å². The van der Waals surface area contributed by atoms with Crippen LogP contribution >= 0.6 is 11.6 Å². The maximum Gasteiger partial charge on any atom is 0.333 e. The van der Waals surface area contributed by atoms with Crippen LogP contribution in [0, 0.1) is 0 Å². The summed E-state index contributed by atoms with van der Waals surface area (Å²) < 4.78 is 7.41. The van der Waals surface area contributed by atoms with Crippen LogP contribution in [0.3, 0.4) is 0 Å². The molecule has 1 fully saturated rings. The molecule has 0 saturated carbocycles. The minimum atomic E-state index is -1.40. The Bertz CT molecular complexity index is 895. The second-order valence-corrected chi connectivity index (χ2v) is 6.47. The number of nitrogens with zero attached hydrogens (tertiary/aromatic N) is 2. The first-order valence-electron chi connectivity index (χ1n) is 8.12. The Balaban J connectivity index is 1.89. The van der Waals surface area contributed by atoms with Crippen molar-refractivity contribution in [2.45, 2.75) is 37.5 Å². The van der Waals surface area contributed by atoms with Gasteiger partial charge in [-0.3, -0.25) is 13.9 Å². The number of aliphatic hydroxyl groups excluding tert-OH is 3. The number of ether oxygens (including phenoxy) is 1. The SMILES string of the molecule is O=c1ccn([C@@H]2O[C@H](CO)C(O)[C@@H]2O)c(=O)n1CCc1ccccc1Cl. The van der Waals surface area contributed by atoms with E-state index >= 15 is 0 Å². The summed E-state index contributed by atoms with van der Waals surface area (Å²) in [6, 6.07) is 8.31. The van der Waals surface area contributed by atoms with Crippen molar-refractivity contribution in [2.75, 3.05) is 6.61 Å². The smallest absolute Gasteiger partial charge is 0.333 e. The summed E-state index contributed by atoms with van der Waals surface area (Å²) in [5, 5.41) is 29.7. The topological polar surface area (TPSA) is 114 Å². The molecule has 1 unspecified atom stereocenters. The molecule has 1 aliphatic rings. The standard InChI is InChI=1S/C17H19ClN2O6/c18-11-4-2-1-3-10(11)5-7-19-13(22)6-8-20(17(19)25)16-15(24)14(23)12(9-21)26-16/h1-4,6,8,12,14-16,21,23-24H,5,7,9H2/t12-,14?,15+,16-/m1/s1. The van der Waals surface area contributed by atoms with E-state index in [-0.39, 0.29) is 6.54 Å². The second kappa shape index (κ2) is 7.73. The molecule has 3 rings (SSSR count). The van der Waals surface area contributed by atoms with Crippen LogP contribution < -0.4 is 11.2 Å². The molecule has 0 amide bonds. The zero-order valence-corrected chi connectivity index (χ0v) is 14.5. The summed E-state index contributed by atoms with van der Waals surface area (Å²) in [6.45, 7) is -0.410. The van der Waals surface area contributed by atoms with Crippen molar-refractivity contribution in [1.82, 2.24) is 9.13 Å². The van der Waals surface area contributed by atoms with E-state index in [9.17, 15) is 24.9 Å². The normalized spacial score (nSPS) is 25.5. The predicted molar refractivity (Wildman–Crippen MR) is 93.1 cm³/mol. The summed E-state index contributed by atoms with van der Waals surface area (Å²) in [7, 11) is 0. The summed E-state index contributed by atoms with van der Waals surface area (Å²) in [5.74, 6) is 0. The highest BCUT2D eigenvalue weighted by atomic mass is 35.5. The fourth-order valence-electron chi connectivity index (χ4n) is 2.97. The van der Waals surface area contributed by atoms with Crippen molar-refractivity contribution in [3.05, 3.63) is 68.0 Å². The Labute approximate surface area is 153 Å². The minimum absolute atomic E-state index is 0.0943. The lowest BCUT2D eigenvalue weighted by atomic mass is 10.1. The Morgan fingerprint density at radius 2 is 1.85 bits per heavy atom. The molecule has 2 heterocycles.